The molecule has 0 saturated carbocycles. The molecule has 0 spiro atoms. The van der Waals surface area contributed by atoms with E-state index >= 15 is 0 Å². The third kappa shape index (κ3) is 26.6. The van der Waals surface area contributed by atoms with Gasteiger partial charge in [-0.1, -0.05) is 24.3 Å². The van der Waals surface area contributed by atoms with E-state index in [9.17, 15) is 29.3 Å². The third-order valence-corrected chi connectivity index (χ3v) is 8.21. The standard InChI is InChI=1S/C15H21N3O6S.C15H23N3O4S.2Na.O4S2/c1-15(2,3)24-14(20)17-8-6-5-7-16-12-10(18(21)22)9-11(25-12)13(19)23-4;1-15(2,3)22-14(20)18-8-6-5-7-17-12-10(16)9-11(23-12)13(19)21-4;;;1-5(2)6(3)4/h5-6,9,16H,7-8H2,1-4H3,(H,17,20);5-6,9,17H,7-8,16H2,1-4H3,(H,18,20);;;/b2*6-5+;;;. The molecule has 56 heavy (non-hydrogen) atoms. The van der Waals surface area contributed by atoms with Crippen molar-refractivity contribution < 1.29 is 59.9 Å². The molecule has 0 aliphatic rings. The van der Waals surface area contributed by atoms with E-state index in [0.717, 1.165) is 11.3 Å². The monoisotopic (exact) mass is 886 g/mol. The zero-order valence-corrected chi connectivity index (χ0v) is 39.9. The summed E-state index contributed by atoms with van der Waals surface area (Å²) >= 11 is 5.07. The molecule has 0 bridgehead atoms. The molecule has 0 aliphatic carbocycles. The van der Waals surface area contributed by atoms with Gasteiger partial charge < -0.3 is 45.9 Å². The van der Waals surface area contributed by atoms with Crippen LogP contribution in [0.3, 0.4) is 0 Å². The second kappa shape index (κ2) is 29.1. The minimum absolute atomic E-state index is 0.146. The first-order chi connectivity index (χ1) is 26.0. The molecule has 2 heterocycles. The van der Waals surface area contributed by atoms with Crippen molar-refractivity contribution in [2.45, 2.75) is 52.7 Å². The molecule has 2 aromatic heterocycles. The van der Waals surface area contributed by atoms with E-state index in [1.807, 2.05) is 6.08 Å². The fourth-order valence-electron chi connectivity index (χ4n) is 3.14. The fourth-order valence-corrected chi connectivity index (χ4v) is 4.99. The Labute approximate surface area is 363 Å². The SMILES string of the molecule is COC(=O)c1cc(N)c(NC/C=C/CNC(=O)OC(C)(C)C)s1.COC(=O)c1cc([N+](=O)[O-])c(NC/C=C/CNC(=O)OC(C)(C)C)s1.O=S(=O)=S(=O)=O.[Na][Na]. The topological polar surface area (TPSA) is 291 Å². The molecular formula is C30H44N6Na2O14S4. The van der Waals surface area contributed by atoms with Crippen LogP contribution in [0.25, 0.3) is 0 Å². The van der Waals surface area contributed by atoms with Crippen molar-refractivity contribution in [1.29, 1.82) is 0 Å². The summed E-state index contributed by atoms with van der Waals surface area (Å²) < 4.78 is 55.7. The van der Waals surface area contributed by atoms with Gasteiger partial charge in [0.05, 0.1) is 24.8 Å². The molecule has 2 aromatic rings. The maximum absolute atomic E-state index is 11.5. The average Bonchev–Trinajstić information content (AvgIpc) is 3.70. The molecule has 0 atom stereocenters. The predicted molar refractivity (Wildman–Crippen MR) is 215 cm³/mol. The van der Waals surface area contributed by atoms with Gasteiger partial charge in [0.15, 0.2) is 5.00 Å². The first-order valence-electron chi connectivity index (χ1n) is 16.3. The number of nitrogens with two attached hydrogens (primary N) is 1. The molecule has 2 rings (SSSR count). The van der Waals surface area contributed by atoms with Gasteiger partial charge in [-0.05, 0) is 47.6 Å². The number of nitrogens with zero attached hydrogens (tertiary/aromatic N) is 1. The van der Waals surface area contributed by atoms with Crippen LogP contribution >= 0.6 is 22.7 Å². The zero-order valence-electron chi connectivity index (χ0n) is 32.7. The van der Waals surface area contributed by atoms with Crippen molar-refractivity contribution in [3.05, 3.63) is 56.3 Å². The van der Waals surface area contributed by atoms with E-state index in [1.165, 1.54) is 75.2 Å². The molecule has 0 radical (unpaired) electrons. The number of nitrogen functional groups attached to an aromatic ring is 1. The van der Waals surface area contributed by atoms with Crippen LogP contribution < -0.4 is 27.0 Å². The summed E-state index contributed by atoms with van der Waals surface area (Å²) in [7, 11) is -3.37. The van der Waals surface area contributed by atoms with Gasteiger partial charge in [0.2, 0.25) is 0 Å². The number of carbonyl (C=O) groups is 4. The second-order valence-electron chi connectivity index (χ2n) is 11.8. The first kappa shape index (κ1) is 54.9. The molecular weight excluding hydrogens is 843 g/mol. The van der Waals surface area contributed by atoms with Crippen molar-refractivity contribution in [3.8, 4) is 0 Å². The number of anilines is 3. The van der Waals surface area contributed by atoms with Crippen LogP contribution in [0.2, 0.25) is 0 Å². The summed E-state index contributed by atoms with van der Waals surface area (Å²) in [6, 6.07) is 2.75. The molecule has 26 heteroatoms. The third-order valence-electron chi connectivity index (χ3n) is 5.17. The Morgan fingerprint density at radius 3 is 1.45 bits per heavy atom. The number of thiophene rings is 2. The molecule has 0 unspecified atom stereocenters. The number of esters is 2. The van der Waals surface area contributed by atoms with Crippen LogP contribution in [0.4, 0.5) is 31.0 Å². The van der Waals surface area contributed by atoms with Crippen molar-refractivity contribution >= 4 is 130 Å². The summed E-state index contributed by atoms with van der Waals surface area (Å²) in [5.41, 5.74) is 5.05. The van der Waals surface area contributed by atoms with E-state index in [0.29, 0.717) is 28.7 Å². The number of rotatable bonds is 13. The molecule has 20 nitrogen and oxygen atoms in total. The van der Waals surface area contributed by atoms with Crippen molar-refractivity contribution in [2.75, 3.05) is 56.8 Å². The quantitative estimate of drug-likeness (QED) is 0.0481. The average molecular weight is 887 g/mol. The number of alkyl carbamates (subject to hydrolysis) is 2. The zero-order chi connectivity index (χ0) is 43.6. The van der Waals surface area contributed by atoms with Crippen LogP contribution in [-0.2, 0) is 37.5 Å². The Morgan fingerprint density at radius 2 is 1.09 bits per heavy atom. The van der Waals surface area contributed by atoms with E-state index in [1.54, 1.807) is 65.8 Å². The summed E-state index contributed by atoms with van der Waals surface area (Å²) in [5.74, 6) is -1.04. The molecule has 0 aromatic carbocycles. The number of nitrogens with one attached hydrogen (secondary N) is 4. The Balaban J connectivity index is 0. The molecule has 6 N–H and O–H groups in total. The van der Waals surface area contributed by atoms with Gasteiger partial charge in [-0.3, -0.25) is 10.1 Å². The van der Waals surface area contributed by atoms with Gasteiger partial charge in [-0.15, -0.1) is 22.7 Å². The van der Waals surface area contributed by atoms with Gasteiger partial charge in [-0.25, -0.2) is 19.2 Å². The van der Waals surface area contributed by atoms with Gasteiger partial charge in [-0.2, -0.15) is 16.8 Å². The Kier molecular flexibility index (Phi) is 28.5. The number of hydrogen-bond acceptors (Lipinski definition) is 19. The Bertz CT molecular complexity index is 1870. The number of amides is 2. The summed E-state index contributed by atoms with van der Waals surface area (Å²) in [5, 5.41) is 23.1. The van der Waals surface area contributed by atoms with E-state index < -0.39 is 58.8 Å². The molecule has 0 aliphatic heterocycles. The van der Waals surface area contributed by atoms with Crippen LogP contribution in [0.15, 0.2) is 36.4 Å². The van der Waals surface area contributed by atoms with Crippen LogP contribution in [-0.4, -0.2) is 141 Å². The number of ether oxygens (including phenoxy) is 4. The van der Waals surface area contributed by atoms with Crippen LogP contribution in [0.5, 0.6) is 0 Å². The predicted octanol–water partition coefficient (Wildman–Crippen LogP) is 3.44. The fraction of sp³-hybridized carbons (Fsp3) is 0.467. The second-order valence-corrected chi connectivity index (χ2v) is 16.4. The van der Waals surface area contributed by atoms with Crippen LogP contribution in [0, 0.1) is 10.1 Å². The van der Waals surface area contributed by atoms with Gasteiger partial charge >= 0.3 is 92.0 Å². The summed E-state index contributed by atoms with van der Waals surface area (Å²) in [6.07, 6.45) is 6.02. The Hall–Kier alpha value is -3.20. The number of nitro groups is 1. The van der Waals surface area contributed by atoms with E-state index in [2.05, 4.69) is 30.7 Å². The van der Waals surface area contributed by atoms with E-state index in [4.69, 9.17) is 32.0 Å². The van der Waals surface area contributed by atoms with Crippen molar-refractivity contribution in [1.82, 2.24) is 10.6 Å². The number of carbonyl (C=O) groups excluding carboxylic acids is 4. The molecule has 304 valence electrons. The minimum atomic E-state index is -2.95. The normalized spacial score (nSPS) is 10.6. The van der Waals surface area contributed by atoms with Gasteiger partial charge in [0.1, 0.15) is 26.0 Å². The summed E-state index contributed by atoms with van der Waals surface area (Å²) in [4.78, 5) is 56.7. The van der Waals surface area contributed by atoms with E-state index in [-0.39, 0.29) is 28.7 Å². The molecule has 0 saturated heterocycles. The van der Waals surface area contributed by atoms with Gasteiger partial charge in [0, 0.05) is 32.2 Å². The van der Waals surface area contributed by atoms with Crippen molar-refractivity contribution in [3.63, 3.8) is 0 Å². The number of methoxy groups -OCH3 is 2. The maximum atomic E-state index is 11.5. The molecule has 2 amide bonds. The van der Waals surface area contributed by atoms with Crippen LogP contribution in [0.1, 0.15) is 60.9 Å². The summed E-state index contributed by atoms with van der Waals surface area (Å²) in [6.45, 7) is 12.1. The first-order valence-corrected chi connectivity index (χ1v) is 28.6. The molecule has 0 fully saturated rings. The Morgan fingerprint density at radius 1 is 0.732 bits per heavy atom. The van der Waals surface area contributed by atoms with Gasteiger partial charge in [0.25, 0.3) is 0 Å². The van der Waals surface area contributed by atoms with Crippen molar-refractivity contribution in [2.24, 2.45) is 0 Å². The number of hydrogen-bond donors (Lipinski definition) is 5.